The number of benzene rings is 2. The minimum Gasteiger partial charge on any atom is -0.350 e. The van der Waals surface area contributed by atoms with Crippen LogP contribution in [-0.4, -0.2) is 6.54 Å². The Morgan fingerprint density at radius 2 is 1.72 bits per heavy atom. The molecule has 0 spiro atoms. The molecule has 2 heterocycles. The molecule has 0 saturated heterocycles. The van der Waals surface area contributed by atoms with Crippen molar-refractivity contribution < 1.29 is 0 Å². The third kappa shape index (κ3) is 1.39. The second-order valence-electron chi connectivity index (χ2n) is 4.99. The molecule has 0 N–H and O–H groups in total. The van der Waals surface area contributed by atoms with Gasteiger partial charge in [-0.25, -0.2) is 5.32 Å². The van der Waals surface area contributed by atoms with Crippen LogP contribution in [0.5, 0.6) is 0 Å². The summed E-state index contributed by atoms with van der Waals surface area (Å²) in [7, 11) is 0. The topological polar surface area (TPSA) is 17.3 Å². The fourth-order valence-electron chi connectivity index (χ4n) is 3.10. The Morgan fingerprint density at radius 3 is 2.67 bits per heavy atom. The summed E-state index contributed by atoms with van der Waals surface area (Å²) in [4.78, 5) is 2.45. The molecule has 1 radical (unpaired) electrons. The van der Waals surface area contributed by atoms with E-state index >= 15 is 0 Å². The standard InChI is InChI=1S/C16H15N2/c1-3-7-14-13(6-1)11-17-16(14)18-10-9-12-5-2-4-8-15(12)18/h1-8,16H,9-11H2. The fourth-order valence-corrected chi connectivity index (χ4v) is 3.10. The van der Waals surface area contributed by atoms with Crippen molar-refractivity contribution in [2.75, 3.05) is 11.4 Å². The van der Waals surface area contributed by atoms with Gasteiger partial charge in [0.1, 0.15) is 6.17 Å². The van der Waals surface area contributed by atoms with Crippen LogP contribution in [0.1, 0.15) is 22.9 Å². The molecule has 0 aromatic heterocycles. The highest BCUT2D eigenvalue weighted by Crippen LogP contribution is 2.37. The minimum absolute atomic E-state index is 0.227. The Hall–Kier alpha value is -1.80. The molecule has 18 heavy (non-hydrogen) atoms. The lowest BCUT2D eigenvalue weighted by Gasteiger charge is -2.26. The van der Waals surface area contributed by atoms with E-state index in [-0.39, 0.29) is 6.17 Å². The van der Waals surface area contributed by atoms with Gasteiger partial charge in [0, 0.05) is 18.8 Å². The summed E-state index contributed by atoms with van der Waals surface area (Å²) in [5, 5.41) is 4.81. The number of hydrogen-bond donors (Lipinski definition) is 0. The Labute approximate surface area is 107 Å². The number of rotatable bonds is 1. The van der Waals surface area contributed by atoms with E-state index in [4.69, 9.17) is 5.32 Å². The molecule has 89 valence electrons. The average molecular weight is 235 g/mol. The van der Waals surface area contributed by atoms with Gasteiger partial charge in [-0.1, -0.05) is 42.5 Å². The summed E-state index contributed by atoms with van der Waals surface area (Å²) in [6.07, 6.45) is 1.37. The number of fused-ring (bicyclic) bond motifs is 2. The van der Waals surface area contributed by atoms with Crippen molar-refractivity contribution >= 4 is 5.69 Å². The van der Waals surface area contributed by atoms with Crippen LogP contribution < -0.4 is 10.2 Å². The van der Waals surface area contributed by atoms with Crippen LogP contribution >= 0.6 is 0 Å². The molecule has 0 bridgehead atoms. The maximum absolute atomic E-state index is 4.81. The Kier molecular flexibility index (Phi) is 2.17. The van der Waals surface area contributed by atoms with Crippen LogP contribution in [0, 0.1) is 0 Å². The molecule has 2 aromatic rings. The average Bonchev–Trinajstić information content (AvgIpc) is 3.01. The number of para-hydroxylation sites is 1. The number of hydrogen-bond acceptors (Lipinski definition) is 1. The zero-order valence-corrected chi connectivity index (χ0v) is 10.2. The van der Waals surface area contributed by atoms with Gasteiger partial charge in [-0.3, -0.25) is 0 Å². The normalized spacial score (nSPS) is 20.9. The van der Waals surface area contributed by atoms with Gasteiger partial charge in [0.25, 0.3) is 0 Å². The molecule has 2 aliphatic heterocycles. The third-order valence-corrected chi connectivity index (χ3v) is 3.99. The third-order valence-electron chi connectivity index (χ3n) is 3.99. The Morgan fingerprint density at radius 1 is 0.944 bits per heavy atom. The van der Waals surface area contributed by atoms with Crippen molar-refractivity contribution in [3.05, 3.63) is 65.2 Å². The van der Waals surface area contributed by atoms with E-state index in [1.807, 2.05) is 0 Å². The smallest absolute Gasteiger partial charge is 0.122 e. The Bertz CT molecular complexity index is 538. The van der Waals surface area contributed by atoms with Crippen molar-refractivity contribution in [3.8, 4) is 0 Å². The van der Waals surface area contributed by atoms with E-state index in [1.165, 1.54) is 22.4 Å². The molecule has 0 amide bonds. The summed E-state index contributed by atoms with van der Waals surface area (Å²) in [6, 6.07) is 17.3. The molecule has 2 nitrogen and oxygen atoms in total. The summed E-state index contributed by atoms with van der Waals surface area (Å²) in [6.45, 7) is 1.95. The molecule has 1 atom stereocenters. The van der Waals surface area contributed by atoms with Crippen molar-refractivity contribution in [1.29, 1.82) is 0 Å². The first-order chi connectivity index (χ1) is 8.93. The van der Waals surface area contributed by atoms with Crippen LogP contribution in [0.25, 0.3) is 0 Å². The highest BCUT2D eigenvalue weighted by molar-refractivity contribution is 5.60. The van der Waals surface area contributed by atoms with Gasteiger partial charge in [-0.05, 0) is 29.2 Å². The molecule has 4 rings (SSSR count). The molecule has 2 heteroatoms. The van der Waals surface area contributed by atoms with Crippen LogP contribution in [-0.2, 0) is 13.0 Å². The lowest BCUT2D eigenvalue weighted by molar-refractivity contribution is 0.543. The lowest BCUT2D eigenvalue weighted by Crippen LogP contribution is -2.29. The summed E-state index contributed by atoms with van der Waals surface area (Å²) in [5.74, 6) is 0. The first-order valence-corrected chi connectivity index (χ1v) is 6.52. The van der Waals surface area contributed by atoms with Gasteiger partial charge < -0.3 is 4.90 Å². The first-order valence-electron chi connectivity index (χ1n) is 6.52. The largest absolute Gasteiger partial charge is 0.350 e. The molecule has 0 saturated carbocycles. The highest BCUT2D eigenvalue weighted by Gasteiger charge is 2.32. The first kappa shape index (κ1) is 10.2. The van der Waals surface area contributed by atoms with E-state index in [1.54, 1.807) is 0 Å². The fraction of sp³-hybridized carbons (Fsp3) is 0.250. The van der Waals surface area contributed by atoms with Gasteiger partial charge in [0.15, 0.2) is 0 Å². The van der Waals surface area contributed by atoms with Crippen LogP contribution in [0.15, 0.2) is 48.5 Å². The predicted octanol–water partition coefficient (Wildman–Crippen LogP) is 2.87. The molecule has 0 aliphatic carbocycles. The van der Waals surface area contributed by atoms with Crippen molar-refractivity contribution in [3.63, 3.8) is 0 Å². The maximum Gasteiger partial charge on any atom is 0.122 e. The van der Waals surface area contributed by atoms with Gasteiger partial charge in [-0.15, -0.1) is 0 Å². The van der Waals surface area contributed by atoms with E-state index in [0.717, 1.165) is 19.5 Å². The summed E-state index contributed by atoms with van der Waals surface area (Å²) < 4.78 is 0. The van der Waals surface area contributed by atoms with Gasteiger partial charge in [-0.2, -0.15) is 0 Å². The zero-order valence-electron chi connectivity index (χ0n) is 10.2. The monoisotopic (exact) mass is 235 g/mol. The molecule has 2 aromatic carbocycles. The molecular formula is C16H15N2. The highest BCUT2D eigenvalue weighted by atomic mass is 15.3. The molecular weight excluding hydrogens is 220 g/mol. The molecule has 1 unspecified atom stereocenters. The van der Waals surface area contributed by atoms with Gasteiger partial charge in [0.2, 0.25) is 0 Å². The quantitative estimate of drug-likeness (QED) is 0.743. The summed E-state index contributed by atoms with van der Waals surface area (Å²) >= 11 is 0. The van der Waals surface area contributed by atoms with Crippen LogP contribution in [0.4, 0.5) is 5.69 Å². The van der Waals surface area contributed by atoms with E-state index in [0.29, 0.717) is 0 Å². The predicted molar refractivity (Wildman–Crippen MR) is 72.5 cm³/mol. The van der Waals surface area contributed by atoms with E-state index < -0.39 is 0 Å². The Balaban J connectivity index is 1.75. The zero-order chi connectivity index (χ0) is 11.9. The van der Waals surface area contributed by atoms with E-state index in [9.17, 15) is 0 Å². The van der Waals surface area contributed by atoms with Gasteiger partial charge in [0.05, 0.1) is 0 Å². The lowest BCUT2D eigenvalue weighted by atomic mass is 10.1. The second-order valence-corrected chi connectivity index (χ2v) is 4.99. The van der Waals surface area contributed by atoms with Crippen molar-refractivity contribution in [1.82, 2.24) is 5.32 Å². The minimum atomic E-state index is 0.227. The second kappa shape index (κ2) is 3.85. The number of nitrogens with zero attached hydrogens (tertiary/aromatic N) is 2. The van der Waals surface area contributed by atoms with Gasteiger partial charge >= 0.3 is 0 Å². The molecule has 0 fully saturated rings. The molecule has 2 aliphatic rings. The SMILES string of the molecule is c1ccc2c(c1)C[N]C2N1CCc2ccccc21. The van der Waals surface area contributed by atoms with Crippen LogP contribution in [0.3, 0.4) is 0 Å². The van der Waals surface area contributed by atoms with Crippen LogP contribution in [0.2, 0.25) is 0 Å². The van der Waals surface area contributed by atoms with Crippen molar-refractivity contribution in [2.24, 2.45) is 0 Å². The maximum atomic E-state index is 4.81. The van der Waals surface area contributed by atoms with Crippen molar-refractivity contribution in [2.45, 2.75) is 19.1 Å². The van der Waals surface area contributed by atoms with E-state index in [2.05, 4.69) is 53.4 Å². The summed E-state index contributed by atoms with van der Waals surface area (Å²) in [5.41, 5.74) is 5.58. The number of anilines is 1.